The van der Waals surface area contributed by atoms with Crippen molar-refractivity contribution >= 4 is 11.6 Å². The lowest BCUT2D eigenvalue weighted by Gasteiger charge is -2.12. The van der Waals surface area contributed by atoms with E-state index in [2.05, 4.69) is 4.98 Å². The molecule has 0 atom stereocenters. The molecule has 1 aromatic carbocycles. The lowest BCUT2D eigenvalue weighted by molar-refractivity contribution is -0.141. The summed E-state index contributed by atoms with van der Waals surface area (Å²) in [5, 5.41) is 0.568. The first-order chi connectivity index (χ1) is 9.90. The van der Waals surface area contributed by atoms with Crippen LogP contribution in [0.5, 0.6) is 5.88 Å². The Morgan fingerprint density at radius 2 is 1.76 bits per heavy atom. The zero-order valence-corrected chi connectivity index (χ0v) is 11.6. The van der Waals surface area contributed by atoms with Crippen molar-refractivity contribution in [3.63, 3.8) is 0 Å². The van der Waals surface area contributed by atoms with E-state index in [-0.39, 0.29) is 19.0 Å². The molecule has 2 aromatic rings. The maximum Gasteiger partial charge on any atom is 0.433 e. The van der Waals surface area contributed by atoms with Crippen LogP contribution in [0.1, 0.15) is 16.8 Å². The Morgan fingerprint density at radius 1 is 1.10 bits per heavy atom. The summed E-state index contributed by atoms with van der Waals surface area (Å²) < 4.78 is 43.3. The molecule has 0 bridgehead atoms. The van der Waals surface area contributed by atoms with Crippen molar-refractivity contribution in [2.24, 2.45) is 5.73 Å². The van der Waals surface area contributed by atoms with Crippen LogP contribution in [0.25, 0.3) is 0 Å². The van der Waals surface area contributed by atoms with Gasteiger partial charge >= 0.3 is 6.18 Å². The third-order valence-corrected chi connectivity index (χ3v) is 2.99. The van der Waals surface area contributed by atoms with E-state index in [4.69, 9.17) is 22.1 Å². The fraction of sp³-hybridized carbons (Fsp3) is 0.214. The monoisotopic (exact) mass is 316 g/mol. The summed E-state index contributed by atoms with van der Waals surface area (Å²) in [5.74, 6) is -0.109. The van der Waals surface area contributed by atoms with Gasteiger partial charge in [-0.15, -0.1) is 0 Å². The van der Waals surface area contributed by atoms with Crippen LogP contribution in [0, 0.1) is 0 Å². The Balaban J connectivity index is 2.19. The van der Waals surface area contributed by atoms with Gasteiger partial charge < -0.3 is 10.5 Å². The minimum atomic E-state index is -4.52. The van der Waals surface area contributed by atoms with Crippen LogP contribution in [0.2, 0.25) is 5.02 Å². The number of nitrogens with zero attached hydrogens (tertiary/aromatic N) is 1. The quantitative estimate of drug-likeness (QED) is 0.933. The fourth-order valence-electron chi connectivity index (χ4n) is 1.64. The molecule has 2 rings (SSSR count). The van der Waals surface area contributed by atoms with Gasteiger partial charge in [0.05, 0.1) is 0 Å². The number of halogens is 4. The van der Waals surface area contributed by atoms with E-state index in [1.54, 1.807) is 24.3 Å². The molecule has 3 nitrogen and oxygen atoms in total. The lowest BCUT2D eigenvalue weighted by Crippen LogP contribution is -2.12. The summed E-state index contributed by atoms with van der Waals surface area (Å²) in [6.45, 7) is 0.125. The second kappa shape index (κ2) is 6.32. The number of alkyl halides is 3. The van der Waals surface area contributed by atoms with Gasteiger partial charge in [-0.1, -0.05) is 29.8 Å². The number of ether oxygens (including phenoxy) is 1. The van der Waals surface area contributed by atoms with Crippen molar-refractivity contribution in [1.29, 1.82) is 0 Å². The first kappa shape index (κ1) is 15.6. The standard InChI is InChI=1S/C14H12ClF3N2O/c15-11-4-1-9(2-5-11)8-21-13-10(7-19)3-6-12(20-13)14(16,17)18/h1-6H,7-8,19H2. The highest BCUT2D eigenvalue weighted by molar-refractivity contribution is 6.30. The second-order valence-electron chi connectivity index (χ2n) is 4.28. The van der Waals surface area contributed by atoms with E-state index in [0.717, 1.165) is 11.6 Å². The van der Waals surface area contributed by atoms with Crippen LogP contribution < -0.4 is 10.5 Å². The van der Waals surface area contributed by atoms with Gasteiger partial charge in [-0.05, 0) is 23.8 Å². The Hall–Kier alpha value is -1.79. The average Bonchev–Trinajstić information content (AvgIpc) is 2.45. The van der Waals surface area contributed by atoms with Crippen LogP contribution in [-0.2, 0) is 19.3 Å². The zero-order chi connectivity index (χ0) is 15.5. The SMILES string of the molecule is NCc1ccc(C(F)(F)F)nc1OCc1ccc(Cl)cc1. The van der Waals surface area contributed by atoms with Gasteiger partial charge in [0.15, 0.2) is 0 Å². The molecule has 0 saturated heterocycles. The third-order valence-electron chi connectivity index (χ3n) is 2.74. The normalized spacial score (nSPS) is 11.5. The van der Waals surface area contributed by atoms with E-state index < -0.39 is 11.9 Å². The minimum absolute atomic E-state index is 0.0427. The molecule has 0 radical (unpaired) electrons. The van der Waals surface area contributed by atoms with Gasteiger partial charge in [-0.2, -0.15) is 13.2 Å². The predicted molar refractivity (Wildman–Crippen MR) is 72.9 cm³/mol. The van der Waals surface area contributed by atoms with Crippen molar-refractivity contribution in [2.45, 2.75) is 19.3 Å². The van der Waals surface area contributed by atoms with Gasteiger partial charge in [-0.3, -0.25) is 0 Å². The summed E-state index contributed by atoms with van der Waals surface area (Å²) in [7, 11) is 0. The first-order valence-corrected chi connectivity index (χ1v) is 6.42. The molecular weight excluding hydrogens is 305 g/mol. The Labute approximate surface area is 124 Å². The fourth-order valence-corrected chi connectivity index (χ4v) is 1.77. The molecule has 0 spiro atoms. The van der Waals surface area contributed by atoms with E-state index >= 15 is 0 Å². The van der Waals surface area contributed by atoms with Crippen molar-refractivity contribution in [3.8, 4) is 5.88 Å². The smallest absolute Gasteiger partial charge is 0.433 e. The summed E-state index contributed by atoms with van der Waals surface area (Å²) in [4.78, 5) is 3.49. The number of pyridine rings is 1. The number of aromatic nitrogens is 1. The van der Waals surface area contributed by atoms with Crippen molar-refractivity contribution < 1.29 is 17.9 Å². The number of nitrogens with two attached hydrogens (primary N) is 1. The Morgan fingerprint density at radius 3 is 2.33 bits per heavy atom. The molecule has 21 heavy (non-hydrogen) atoms. The predicted octanol–water partition coefficient (Wildman–Crippen LogP) is 3.79. The lowest BCUT2D eigenvalue weighted by atomic mass is 10.2. The molecule has 1 aromatic heterocycles. The number of rotatable bonds is 4. The van der Waals surface area contributed by atoms with Gasteiger partial charge in [0.25, 0.3) is 0 Å². The maximum absolute atomic E-state index is 12.6. The third kappa shape index (κ3) is 4.09. The summed E-state index contributed by atoms with van der Waals surface area (Å²) in [6, 6.07) is 8.94. The van der Waals surface area contributed by atoms with E-state index in [0.29, 0.717) is 10.6 Å². The molecule has 1 heterocycles. The zero-order valence-electron chi connectivity index (χ0n) is 10.8. The van der Waals surface area contributed by atoms with E-state index in [1.165, 1.54) is 6.07 Å². The molecule has 2 N–H and O–H groups in total. The van der Waals surface area contributed by atoms with Crippen LogP contribution in [0.4, 0.5) is 13.2 Å². The topological polar surface area (TPSA) is 48.1 Å². The van der Waals surface area contributed by atoms with Gasteiger partial charge in [0.1, 0.15) is 12.3 Å². The summed E-state index contributed by atoms with van der Waals surface area (Å²) in [5.41, 5.74) is 5.65. The van der Waals surface area contributed by atoms with E-state index in [1.807, 2.05) is 0 Å². The van der Waals surface area contributed by atoms with Crippen LogP contribution >= 0.6 is 11.6 Å². The molecule has 0 aliphatic carbocycles. The molecule has 0 amide bonds. The highest BCUT2D eigenvalue weighted by Gasteiger charge is 2.33. The molecule has 0 aliphatic rings. The van der Waals surface area contributed by atoms with Crippen LogP contribution in [-0.4, -0.2) is 4.98 Å². The van der Waals surface area contributed by atoms with Crippen molar-refractivity contribution in [1.82, 2.24) is 4.98 Å². The molecule has 7 heteroatoms. The summed E-state index contributed by atoms with van der Waals surface area (Å²) >= 11 is 5.75. The van der Waals surface area contributed by atoms with Gasteiger partial charge in [0, 0.05) is 17.1 Å². The average molecular weight is 317 g/mol. The highest BCUT2D eigenvalue weighted by atomic mass is 35.5. The molecular formula is C14H12ClF3N2O. The van der Waals surface area contributed by atoms with E-state index in [9.17, 15) is 13.2 Å². The highest BCUT2D eigenvalue weighted by Crippen LogP contribution is 2.30. The van der Waals surface area contributed by atoms with Crippen molar-refractivity contribution in [3.05, 3.63) is 58.2 Å². The maximum atomic E-state index is 12.6. The number of hydrogen-bond acceptors (Lipinski definition) is 3. The largest absolute Gasteiger partial charge is 0.473 e. The molecule has 0 aliphatic heterocycles. The Bertz CT molecular complexity index is 615. The minimum Gasteiger partial charge on any atom is -0.473 e. The van der Waals surface area contributed by atoms with Crippen LogP contribution in [0.15, 0.2) is 36.4 Å². The molecule has 112 valence electrons. The Kier molecular flexibility index (Phi) is 4.69. The van der Waals surface area contributed by atoms with Crippen molar-refractivity contribution in [2.75, 3.05) is 0 Å². The molecule has 0 unspecified atom stereocenters. The molecule has 0 fully saturated rings. The number of hydrogen-bond donors (Lipinski definition) is 1. The van der Waals surface area contributed by atoms with Gasteiger partial charge in [0.2, 0.25) is 5.88 Å². The second-order valence-corrected chi connectivity index (χ2v) is 4.71. The van der Waals surface area contributed by atoms with Gasteiger partial charge in [-0.25, -0.2) is 4.98 Å². The summed E-state index contributed by atoms with van der Waals surface area (Å²) in [6.07, 6.45) is -4.52. The first-order valence-electron chi connectivity index (χ1n) is 6.04. The number of benzene rings is 1. The molecule has 0 saturated carbocycles. The van der Waals surface area contributed by atoms with Crippen LogP contribution in [0.3, 0.4) is 0 Å².